The van der Waals surface area contributed by atoms with Crippen LogP contribution in [0.25, 0.3) is 11.1 Å². The van der Waals surface area contributed by atoms with Crippen molar-refractivity contribution in [2.45, 2.75) is 70.7 Å². The molecule has 0 spiro atoms. The van der Waals surface area contributed by atoms with E-state index in [-0.39, 0.29) is 23.2 Å². The van der Waals surface area contributed by atoms with Gasteiger partial charge in [-0.05, 0) is 93.0 Å². The van der Waals surface area contributed by atoms with Crippen molar-refractivity contribution in [2.75, 3.05) is 13.2 Å². The molecule has 0 amide bonds. The molecule has 39 heavy (non-hydrogen) atoms. The van der Waals surface area contributed by atoms with Gasteiger partial charge in [-0.25, -0.2) is 13.2 Å². The van der Waals surface area contributed by atoms with Crippen molar-refractivity contribution in [1.82, 2.24) is 0 Å². The van der Waals surface area contributed by atoms with E-state index >= 15 is 8.78 Å². The number of rotatable bonds is 6. The number of benzene rings is 2. The molecule has 0 radical (unpaired) electrons. The van der Waals surface area contributed by atoms with E-state index in [1.54, 1.807) is 0 Å². The van der Waals surface area contributed by atoms with Crippen LogP contribution in [0.15, 0.2) is 30.3 Å². The number of alkyl halides is 2. The van der Waals surface area contributed by atoms with E-state index in [9.17, 15) is 13.2 Å². The Morgan fingerprint density at radius 3 is 1.87 bits per heavy atom. The minimum Gasteiger partial charge on any atom is -0.432 e. The molecular weight excluding hydrogens is 539 g/mol. The zero-order valence-corrected chi connectivity index (χ0v) is 22.7. The molecular formula is C30H34ClF5O3. The Labute approximate surface area is 231 Å². The second kappa shape index (κ2) is 11.9. The van der Waals surface area contributed by atoms with Gasteiger partial charge in [-0.3, -0.25) is 0 Å². The van der Waals surface area contributed by atoms with E-state index < -0.39 is 34.5 Å². The van der Waals surface area contributed by atoms with Crippen molar-refractivity contribution >= 4 is 11.6 Å². The second-order valence-corrected chi connectivity index (χ2v) is 11.9. The SMILES string of the molecule is CC1COC(C2CCC(C3CCC(C(F)(F)Oc4ccc(-c5cc(F)c(Cl)c(F)c5)c(F)c4)CC3)CC2)OC1. The van der Waals surface area contributed by atoms with Gasteiger partial charge in [-0.15, -0.1) is 0 Å². The monoisotopic (exact) mass is 572 g/mol. The molecule has 2 saturated carbocycles. The molecule has 0 bridgehead atoms. The Hall–Kier alpha value is -1.90. The lowest BCUT2D eigenvalue weighted by Gasteiger charge is -2.41. The number of hydrogen-bond donors (Lipinski definition) is 0. The van der Waals surface area contributed by atoms with Gasteiger partial charge in [0.1, 0.15) is 28.2 Å². The number of ether oxygens (including phenoxy) is 3. The molecule has 214 valence electrons. The standard InChI is InChI=1S/C30H34ClF5O3/c1-17-15-37-29(38-16-17)20-4-2-18(3-5-20)19-6-8-22(9-7-19)30(35,36)39-23-10-11-24(25(32)14-23)21-12-26(33)28(31)27(34)13-21/h10-14,17-20,22,29H,2-9,15-16H2,1H3. The van der Waals surface area contributed by atoms with Crippen molar-refractivity contribution in [3.05, 3.63) is 52.8 Å². The first-order valence-corrected chi connectivity index (χ1v) is 14.2. The first-order valence-electron chi connectivity index (χ1n) is 13.8. The summed E-state index contributed by atoms with van der Waals surface area (Å²) in [6.07, 6.45) is 2.77. The Bertz CT molecular complexity index is 1110. The molecule has 0 N–H and O–H groups in total. The fourth-order valence-electron chi connectivity index (χ4n) is 6.45. The topological polar surface area (TPSA) is 27.7 Å². The molecule has 9 heteroatoms. The van der Waals surface area contributed by atoms with Gasteiger partial charge in [-0.2, -0.15) is 8.78 Å². The van der Waals surface area contributed by atoms with Crippen LogP contribution < -0.4 is 4.74 Å². The van der Waals surface area contributed by atoms with Crippen molar-refractivity contribution in [3.8, 4) is 16.9 Å². The highest BCUT2D eigenvalue weighted by atomic mass is 35.5. The molecule has 1 saturated heterocycles. The Kier molecular flexibility index (Phi) is 8.74. The molecule has 2 aliphatic carbocycles. The highest BCUT2D eigenvalue weighted by Gasteiger charge is 2.45. The maximum Gasteiger partial charge on any atom is 0.400 e. The quantitative estimate of drug-likeness (QED) is 0.255. The highest BCUT2D eigenvalue weighted by molar-refractivity contribution is 6.31. The highest BCUT2D eigenvalue weighted by Crippen LogP contribution is 2.46. The normalized spacial score (nSPS) is 30.2. The van der Waals surface area contributed by atoms with E-state index in [2.05, 4.69) is 6.92 Å². The lowest BCUT2D eigenvalue weighted by atomic mass is 9.69. The lowest BCUT2D eigenvalue weighted by molar-refractivity contribution is -0.229. The smallest absolute Gasteiger partial charge is 0.400 e. The predicted molar refractivity (Wildman–Crippen MR) is 138 cm³/mol. The third kappa shape index (κ3) is 6.54. The summed E-state index contributed by atoms with van der Waals surface area (Å²) in [7, 11) is 0. The van der Waals surface area contributed by atoms with Crippen LogP contribution in [0.1, 0.15) is 58.3 Å². The first kappa shape index (κ1) is 28.6. The summed E-state index contributed by atoms with van der Waals surface area (Å²) in [5.74, 6) is -2.51. The lowest BCUT2D eigenvalue weighted by Crippen LogP contribution is -2.40. The maximum absolute atomic E-state index is 15.1. The fourth-order valence-corrected chi connectivity index (χ4v) is 6.56. The van der Waals surface area contributed by atoms with Crippen LogP contribution in [0.5, 0.6) is 5.75 Å². The molecule has 0 unspecified atom stereocenters. The molecule has 3 aliphatic rings. The Balaban J connectivity index is 1.13. The summed E-state index contributed by atoms with van der Waals surface area (Å²) in [5.41, 5.74) is -0.238. The van der Waals surface area contributed by atoms with Crippen LogP contribution >= 0.6 is 11.6 Å². The van der Waals surface area contributed by atoms with E-state index in [4.69, 9.17) is 25.8 Å². The van der Waals surface area contributed by atoms with Crippen molar-refractivity contribution in [3.63, 3.8) is 0 Å². The van der Waals surface area contributed by atoms with Gasteiger partial charge in [-0.1, -0.05) is 18.5 Å². The molecule has 1 heterocycles. The van der Waals surface area contributed by atoms with E-state index in [1.165, 1.54) is 12.1 Å². The zero-order valence-electron chi connectivity index (χ0n) is 21.9. The predicted octanol–water partition coefficient (Wildman–Crippen LogP) is 9.02. The van der Waals surface area contributed by atoms with E-state index in [1.807, 2.05) is 0 Å². The summed E-state index contributed by atoms with van der Waals surface area (Å²) in [6.45, 7) is 3.59. The first-order chi connectivity index (χ1) is 18.6. The molecule has 3 fully saturated rings. The van der Waals surface area contributed by atoms with Crippen LogP contribution in [0, 0.1) is 47.0 Å². The molecule has 0 atom stereocenters. The maximum atomic E-state index is 15.1. The number of halogens is 6. The molecule has 0 aromatic heterocycles. The van der Waals surface area contributed by atoms with Gasteiger partial charge in [0, 0.05) is 23.5 Å². The van der Waals surface area contributed by atoms with Crippen LogP contribution in [0.2, 0.25) is 5.02 Å². The summed E-state index contributed by atoms with van der Waals surface area (Å²) >= 11 is 5.48. The summed E-state index contributed by atoms with van der Waals surface area (Å²) in [4.78, 5) is 0. The van der Waals surface area contributed by atoms with Gasteiger partial charge in [0.25, 0.3) is 0 Å². The van der Waals surface area contributed by atoms with Crippen LogP contribution in [0.4, 0.5) is 22.0 Å². The van der Waals surface area contributed by atoms with Gasteiger partial charge < -0.3 is 14.2 Å². The molecule has 2 aromatic carbocycles. The van der Waals surface area contributed by atoms with Crippen LogP contribution in [0.3, 0.4) is 0 Å². The minimum absolute atomic E-state index is 0.0917. The molecule has 1 aliphatic heterocycles. The van der Waals surface area contributed by atoms with Gasteiger partial charge in [0.15, 0.2) is 6.29 Å². The summed E-state index contributed by atoms with van der Waals surface area (Å²) < 4.78 is 89.2. The average Bonchev–Trinajstić information content (AvgIpc) is 2.92. The summed E-state index contributed by atoms with van der Waals surface area (Å²) in [5, 5.41) is -0.695. The zero-order chi connectivity index (χ0) is 27.7. The second-order valence-electron chi connectivity index (χ2n) is 11.5. The fraction of sp³-hybridized carbons (Fsp3) is 0.600. The minimum atomic E-state index is -3.46. The van der Waals surface area contributed by atoms with Gasteiger partial charge in [0.2, 0.25) is 0 Å². The van der Waals surface area contributed by atoms with Crippen molar-refractivity contribution in [1.29, 1.82) is 0 Å². The van der Waals surface area contributed by atoms with Crippen molar-refractivity contribution < 1.29 is 36.2 Å². The number of hydrogen-bond acceptors (Lipinski definition) is 3. The average molecular weight is 573 g/mol. The third-order valence-electron chi connectivity index (χ3n) is 8.69. The Morgan fingerprint density at radius 2 is 1.31 bits per heavy atom. The molecule has 2 aromatic rings. The van der Waals surface area contributed by atoms with Gasteiger partial charge >= 0.3 is 6.11 Å². The van der Waals surface area contributed by atoms with Crippen molar-refractivity contribution in [2.24, 2.45) is 29.6 Å². The molecule has 5 rings (SSSR count). The van der Waals surface area contributed by atoms with E-state index in [0.717, 1.165) is 57.1 Å². The summed E-state index contributed by atoms with van der Waals surface area (Å²) in [6, 6.07) is 4.95. The van der Waals surface area contributed by atoms with Crippen LogP contribution in [-0.2, 0) is 9.47 Å². The third-order valence-corrected chi connectivity index (χ3v) is 9.06. The van der Waals surface area contributed by atoms with E-state index in [0.29, 0.717) is 49.4 Å². The van der Waals surface area contributed by atoms with Gasteiger partial charge in [0.05, 0.1) is 19.1 Å². The molecule has 3 nitrogen and oxygen atoms in total. The van der Waals surface area contributed by atoms with Crippen LogP contribution in [-0.4, -0.2) is 25.6 Å². The Morgan fingerprint density at radius 1 is 0.769 bits per heavy atom. The largest absolute Gasteiger partial charge is 0.432 e.